The SMILES string of the molecule is C#CCc1nn(C)c2ccccc12. The molecule has 0 N–H and O–H groups in total. The van der Waals surface area contributed by atoms with Crippen molar-refractivity contribution >= 4 is 10.9 Å². The van der Waals surface area contributed by atoms with Gasteiger partial charge in [0.15, 0.2) is 0 Å². The molecule has 0 saturated heterocycles. The monoisotopic (exact) mass is 170 g/mol. The summed E-state index contributed by atoms with van der Waals surface area (Å²) in [5.41, 5.74) is 2.12. The van der Waals surface area contributed by atoms with Gasteiger partial charge in [0, 0.05) is 12.4 Å². The van der Waals surface area contributed by atoms with E-state index in [0.29, 0.717) is 6.42 Å². The molecule has 0 aliphatic rings. The Morgan fingerprint density at radius 2 is 2.23 bits per heavy atom. The zero-order valence-corrected chi connectivity index (χ0v) is 7.49. The fourth-order valence-corrected chi connectivity index (χ4v) is 1.52. The molecule has 0 fully saturated rings. The zero-order chi connectivity index (χ0) is 9.26. The second kappa shape index (κ2) is 2.95. The van der Waals surface area contributed by atoms with Gasteiger partial charge in [0.05, 0.1) is 17.6 Å². The highest BCUT2D eigenvalue weighted by molar-refractivity contribution is 5.82. The van der Waals surface area contributed by atoms with Crippen LogP contribution in [0.15, 0.2) is 24.3 Å². The van der Waals surface area contributed by atoms with Gasteiger partial charge in [-0.25, -0.2) is 0 Å². The highest BCUT2D eigenvalue weighted by Gasteiger charge is 2.05. The number of fused-ring (bicyclic) bond motifs is 1. The minimum absolute atomic E-state index is 0.599. The quantitative estimate of drug-likeness (QED) is 0.596. The van der Waals surface area contributed by atoms with Crippen LogP contribution in [-0.2, 0) is 13.5 Å². The van der Waals surface area contributed by atoms with Gasteiger partial charge in [-0.05, 0) is 6.07 Å². The lowest BCUT2D eigenvalue weighted by Gasteiger charge is -1.90. The van der Waals surface area contributed by atoms with Crippen molar-refractivity contribution < 1.29 is 0 Å². The Morgan fingerprint density at radius 3 is 3.00 bits per heavy atom. The molecule has 64 valence electrons. The van der Waals surface area contributed by atoms with E-state index in [-0.39, 0.29) is 0 Å². The van der Waals surface area contributed by atoms with Crippen molar-refractivity contribution in [1.29, 1.82) is 0 Å². The average molecular weight is 170 g/mol. The van der Waals surface area contributed by atoms with E-state index in [9.17, 15) is 0 Å². The van der Waals surface area contributed by atoms with Gasteiger partial charge in [-0.3, -0.25) is 4.68 Å². The van der Waals surface area contributed by atoms with Crippen LogP contribution in [0.25, 0.3) is 10.9 Å². The molecule has 13 heavy (non-hydrogen) atoms. The Balaban J connectivity index is 2.72. The second-order valence-corrected chi connectivity index (χ2v) is 2.97. The van der Waals surface area contributed by atoms with E-state index in [1.807, 2.05) is 29.9 Å². The number of nitrogens with zero attached hydrogens (tertiary/aromatic N) is 2. The second-order valence-electron chi connectivity index (χ2n) is 2.97. The minimum atomic E-state index is 0.599. The van der Waals surface area contributed by atoms with Gasteiger partial charge in [-0.1, -0.05) is 18.2 Å². The Bertz CT molecular complexity index is 474. The molecule has 0 spiro atoms. The smallest absolute Gasteiger partial charge is 0.0822 e. The number of terminal acetylenes is 1. The first kappa shape index (κ1) is 7.88. The van der Waals surface area contributed by atoms with E-state index in [1.54, 1.807) is 0 Å². The molecule has 1 aromatic heterocycles. The van der Waals surface area contributed by atoms with Gasteiger partial charge >= 0.3 is 0 Å². The first-order valence-electron chi connectivity index (χ1n) is 4.17. The van der Waals surface area contributed by atoms with Crippen molar-refractivity contribution in [3.8, 4) is 12.3 Å². The van der Waals surface area contributed by atoms with Gasteiger partial charge in [-0.15, -0.1) is 12.3 Å². The predicted molar refractivity (Wildman–Crippen MR) is 53.3 cm³/mol. The number of hydrogen-bond acceptors (Lipinski definition) is 1. The van der Waals surface area contributed by atoms with E-state index in [2.05, 4.69) is 17.1 Å². The Morgan fingerprint density at radius 1 is 1.46 bits per heavy atom. The van der Waals surface area contributed by atoms with E-state index >= 15 is 0 Å². The first-order chi connectivity index (χ1) is 6.33. The molecule has 2 nitrogen and oxygen atoms in total. The minimum Gasteiger partial charge on any atom is -0.268 e. The van der Waals surface area contributed by atoms with Crippen molar-refractivity contribution in [2.75, 3.05) is 0 Å². The largest absolute Gasteiger partial charge is 0.268 e. The van der Waals surface area contributed by atoms with E-state index in [0.717, 1.165) is 16.6 Å². The number of aromatic nitrogens is 2. The summed E-state index contributed by atoms with van der Waals surface area (Å²) < 4.78 is 1.86. The summed E-state index contributed by atoms with van der Waals surface area (Å²) in [6.45, 7) is 0. The molecule has 2 rings (SSSR count). The van der Waals surface area contributed by atoms with Crippen molar-refractivity contribution in [2.45, 2.75) is 6.42 Å². The summed E-state index contributed by atoms with van der Waals surface area (Å²) in [6.07, 6.45) is 5.86. The van der Waals surface area contributed by atoms with Crippen molar-refractivity contribution in [3.63, 3.8) is 0 Å². The summed E-state index contributed by atoms with van der Waals surface area (Å²) in [7, 11) is 1.93. The van der Waals surface area contributed by atoms with Crippen molar-refractivity contribution in [3.05, 3.63) is 30.0 Å². The molecular formula is C11H10N2. The van der Waals surface area contributed by atoms with Crippen molar-refractivity contribution in [1.82, 2.24) is 9.78 Å². The van der Waals surface area contributed by atoms with Crippen LogP contribution in [0, 0.1) is 12.3 Å². The Kier molecular flexibility index (Phi) is 1.79. The molecule has 2 aromatic rings. The van der Waals surface area contributed by atoms with Crippen LogP contribution in [-0.4, -0.2) is 9.78 Å². The zero-order valence-electron chi connectivity index (χ0n) is 7.49. The highest BCUT2D eigenvalue weighted by atomic mass is 15.3. The van der Waals surface area contributed by atoms with Crippen LogP contribution in [0.1, 0.15) is 5.69 Å². The van der Waals surface area contributed by atoms with Crippen molar-refractivity contribution in [2.24, 2.45) is 7.05 Å². The van der Waals surface area contributed by atoms with Crippen LogP contribution in [0.5, 0.6) is 0 Å². The molecule has 1 aromatic carbocycles. The molecule has 0 bridgehead atoms. The maximum atomic E-state index is 5.26. The highest BCUT2D eigenvalue weighted by Crippen LogP contribution is 2.17. The van der Waals surface area contributed by atoms with E-state index in [1.165, 1.54) is 0 Å². The third-order valence-corrected chi connectivity index (χ3v) is 2.10. The first-order valence-corrected chi connectivity index (χ1v) is 4.17. The van der Waals surface area contributed by atoms with Gasteiger partial charge in [0.1, 0.15) is 0 Å². The standard InChI is InChI=1S/C11H10N2/c1-3-6-10-9-7-4-5-8-11(9)13(2)12-10/h1,4-5,7-8H,6H2,2H3. The number of para-hydroxylation sites is 1. The number of benzene rings is 1. The fourth-order valence-electron chi connectivity index (χ4n) is 1.52. The third kappa shape index (κ3) is 1.19. The molecule has 0 aliphatic carbocycles. The molecule has 0 unspecified atom stereocenters. The average Bonchev–Trinajstić information content (AvgIpc) is 2.46. The van der Waals surface area contributed by atoms with Gasteiger partial charge in [0.25, 0.3) is 0 Å². The Labute approximate surface area is 77.2 Å². The molecular weight excluding hydrogens is 160 g/mol. The van der Waals surface area contributed by atoms with Crippen LogP contribution in [0.4, 0.5) is 0 Å². The Hall–Kier alpha value is -1.75. The number of rotatable bonds is 1. The topological polar surface area (TPSA) is 17.8 Å². The lowest BCUT2D eigenvalue weighted by molar-refractivity contribution is 0.778. The lowest BCUT2D eigenvalue weighted by Crippen LogP contribution is -1.90. The third-order valence-electron chi connectivity index (χ3n) is 2.10. The van der Waals surface area contributed by atoms with Gasteiger partial charge in [0.2, 0.25) is 0 Å². The maximum absolute atomic E-state index is 5.26. The van der Waals surface area contributed by atoms with Gasteiger partial charge < -0.3 is 0 Å². The molecule has 0 amide bonds. The molecule has 0 saturated carbocycles. The molecule has 0 aliphatic heterocycles. The lowest BCUT2D eigenvalue weighted by atomic mass is 10.2. The normalized spacial score (nSPS) is 10.2. The van der Waals surface area contributed by atoms with Crippen LogP contribution in [0.2, 0.25) is 0 Å². The molecule has 0 atom stereocenters. The van der Waals surface area contributed by atoms with E-state index < -0.39 is 0 Å². The van der Waals surface area contributed by atoms with Crippen LogP contribution in [0.3, 0.4) is 0 Å². The summed E-state index contributed by atoms with van der Waals surface area (Å²) in [5.74, 6) is 2.61. The number of hydrogen-bond donors (Lipinski definition) is 0. The summed E-state index contributed by atoms with van der Waals surface area (Å²) in [4.78, 5) is 0. The molecule has 0 radical (unpaired) electrons. The predicted octanol–water partition coefficient (Wildman–Crippen LogP) is 1.75. The molecule has 1 heterocycles. The number of aryl methyl sites for hydroxylation is 1. The van der Waals surface area contributed by atoms with Crippen LogP contribution >= 0.6 is 0 Å². The van der Waals surface area contributed by atoms with Crippen LogP contribution < -0.4 is 0 Å². The van der Waals surface area contributed by atoms with E-state index in [4.69, 9.17) is 6.42 Å². The summed E-state index contributed by atoms with van der Waals surface area (Å²) >= 11 is 0. The van der Waals surface area contributed by atoms with Gasteiger partial charge in [-0.2, -0.15) is 5.10 Å². The summed E-state index contributed by atoms with van der Waals surface area (Å²) in [5, 5.41) is 5.51. The summed E-state index contributed by atoms with van der Waals surface area (Å²) in [6, 6.07) is 8.10. The maximum Gasteiger partial charge on any atom is 0.0822 e. The fraction of sp³-hybridized carbons (Fsp3) is 0.182. The molecule has 2 heteroatoms.